The van der Waals surface area contributed by atoms with Gasteiger partial charge in [0, 0.05) is 24.8 Å². The molecule has 1 saturated heterocycles. The number of nitrogens with zero attached hydrogens (tertiary/aromatic N) is 1. The molecule has 2 heterocycles. The number of piperidine rings is 1. The molecule has 0 radical (unpaired) electrons. The summed E-state index contributed by atoms with van der Waals surface area (Å²) in [5.74, 6) is 0.321. The Hall–Kier alpha value is -1.51. The Morgan fingerprint density at radius 2 is 2.17 bits per heavy atom. The van der Waals surface area contributed by atoms with Crippen LogP contribution in [0.2, 0.25) is 0 Å². The van der Waals surface area contributed by atoms with E-state index in [0.29, 0.717) is 11.9 Å². The lowest BCUT2D eigenvalue weighted by atomic mass is 9.96. The molecule has 0 bridgehead atoms. The van der Waals surface area contributed by atoms with Crippen LogP contribution in [0.3, 0.4) is 0 Å². The fraction of sp³-hybridized carbons (Fsp3) is 0.533. The SMILES string of the molecule is CC1CCCCN1C(=O)C1CNc2ccccc21. The number of hydrogen-bond donors (Lipinski definition) is 1. The summed E-state index contributed by atoms with van der Waals surface area (Å²) in [6.45, 7) is 3.85. The van der Waals surface area contributed by atoms with E-state index in [1.807, 2.05) is 12.1 Å². The first-order valence-electron chi connectivity index (χ1n) is 6.90. The summed E-state index contributed by atoms with van der Waals surface area (Å²) in [6, 6.07) is 8.57. The van der Waals surface area contributed by atoms with E-state index in [-0.39, 0.29) is 5.92 Å². The van der Waals surface area contributed by atoms with Crippen molar-refractivity contribution >= 4 is 11.6 Å². The van der Waals surface area contributed by atoms with Crippen LogP contribution in [-0.4, -0.2) is 29.9 Å². The van der Waals surface area contributed by atoms with Crippen molar-refractivity contribution in [3.63, 3.8) is 0 Å². The number of para-hydroxylation sites is 1. The van der Waals surface area contributed by atoms with Gasteiger partial charge in [-0.05, 0) is 37.8 Å². The highest BCUT2D eigenvalue weighted by atomic mass is 16.2. The van der Waals surface area contributed by atoms with E-state index in [9.17, 15) is 4.79 Å². The fourth-order valence-corrected chi connectivity index (χ4v) is 3.13. The number of nitrogens with one attached hydrogen (secondary N) is 1. The van der Waals surface area contributed by atoms with Crippen LogP contribution in [0.1, 0.15) is 37.7 Å². The third-order valence-electron chi connectivity index (χ3n) is 4.22. The maximum absolute atomic E-state index is 12.7. The predicted octanol–water partition coefficient (Wildman–Crippen LogP) is 2.60. The summed E-state index contributed by atoms with van der Waals surface area (Å²) < 4.78 is 0. The standard InChI is InChI=1S/C15H20N2O/c1-11-6-4-5-9-17(11)15(18)13-10-16-14-8-3-2-7-12(13)14/h2-3,7-8,11,13,16H,4-6,9-10H2,1H3. The van der Waals surface area contributed by atoms with Crippen molar-refractivity contribution in [1.82, 2.24) is 4.90 Å². The maximum atomic E-state index is 12.7. The zero-order valence-electron chi connectivity index (χ0n) is 10.9. The van der Waals surface area contributed by atoms with Gasteiger partial charge in [0.25, 0.3) is 0 Å². The average molecular weight is 244 g/mol. The Morgan fingerprint density at radius 1 is 1.33 bits per heavy atom. The number of hydrogen-bond acceptors (Lipinski definition) is 2. The fourth-order valence-electron chi connectivity index (χ4n) is 3.13. The number of carbonyl (C=O) groups excluding carboxylic acids is 1. The van der Waals surface area contributed by atoms with E-state index < -0.39 is 0 Å². The van der Waals surface area contributed by atoms with Gasteiger partial charge in [-0.25, -0.2) is 0 Å². The first-order chi connectivity index (χ1) is 8.77. The molecular formula is C15H20N2O. The Labute approximate surface area is 108 Å². The molecule has 0 aliphatic carbocycles. The molecular weight excluding hydrogens is 224 g/mol. The molecule has 2 unspecified atom stereocenters. The molecule has 3 heteroatoms. The van der Waals surface area contributed by atoms with Crippen LogP contribution in [0.15, 0.2) is 24.3 Å². The predicted molar refractivity (Wildman–Crippen MR) is 72.7 cm³/mol. The van der Waals surface area contributed by atoms with Crippen LogP contribution in [0.25, 0.3) is 0 Å². The summed E-state index contributed by atoms with van der Waals surface area (Å²) in [5.41, 5.74) is 2.29. The molecule has 2 atom stereocenters. The van der Waals surface area contributed by atoms with E-state index in [1.54, 1.807) is 0 Å². The number of anilines is 1. The molecule has 1 N–H and O–H groups in total. The number of amides is 1. The largest absolute Gasteiger partial charge is 0.384 e. The summed E-state index contributed by atoms with van der Waals surface area (Å²) in [7, 11) is 0. The molecule has 0 spiro atoms. The summed E-state index contributed by atoms with van der Waals surface area (Å²) >= 11 is 0. The average Bonchev–Trinajstić information content (AvgIpc) is 2.82. The van der Waals surface area contributed by atoms with Gasteiger partial charge in [0.15, 0.2) is 0 Å². The monoisotopic (exact) mass is 244 g/mol. The smallest absolute Gasteiger partial charge is 0.232 e. The molecule has 1 fully saturated rings. The second-order valence-electron chi connectivity index (χ2n) is 5.40. The minimum absolute atomic E-state index is 0.0155. The van der Waals surface area contributed by atoms with Gasteiger partial charge in [-0.15, -0.1) is 0 Å². The van der Waals surface area contributed by atoms with Crippen molar-refractivity contribution in [2.75, 3.05) is 18.4 Å². The van der Waals surface area contributed by atoms with Crippen LogP contribution < -0.4 is 5.32 Å². The zero-order valence-corrected chi connectivity index (χ0v) is 10.9. The first-order valence-corrected chi connectivity index (χ1v) is 6.90. The van der Waals surface area contributed by atoms with E-state index >= 15 is 0 Å². The molecule has 3 rings (SSSR count). The Kier molecular flexibility index (Phi) is 2.98. The third-order valence-corrected chi connectivity index (χ3v) is 4.22. The van der Waals surface area contributed by atoms with Crippen molar-refractivity contribution in [2.45, 2.75) is 38.1 Å². The summed E-state index contributed by atoms with van der Waals surface area (Å²) in [6.07, 6.45) is 3.55. The Balaban J connectivity index is 1.82. The number of fused-ring (bicyclic) bond motifs is 1. The van der Waals surface area contributed by atoms with Crippen molar-refractivity contribution in [3.05, 3.63) is 29.8 Å². The Morgan fingerprint density at radius 3 is 3.00 bits per heavy atom. The Bertz CT molecular complexity index is 458. The minimum Gasteiger partial charge on any atom is -0.384 e. The van der Waals surface area contributed by atoms with Crippen molar-refractivity contribution < 1.29 is 4.79 Å². The molecule has 3 nitrogen and oxygen atoms in total. The van der Waals surface area contributed by atoms with Crippen LogP contribution >= 0.6 is 0 Å². The van der Waals surface area contributed by atoms with Gasteiger partial charge in [0.1, 0.15) is 0 Å². The van der Waals surface area contributed by atoms with E-state index in [2.05, 4.69) is 29.3 Å². The van der Waals surface area contributed by atoms with Crippen molar-refractivity contribution in [3.8, 4) is 0 Å². The van der Waals surface area contributed by atoms with Gasteiger partial charge in [0.2, 0.25) is 5.91 Å². The topological polar surface area (TPSA) is 32.3 Å². The summed E-state index contributed by atoms with van der Waals surface area (Å²) in [4.78, 5) is 14.7. The number of rotatable bonds is 1. The lowest BCUT2D eigenvalue weighted by Gasteiger charge is -2.35. The summed E-state index contributed by atoms with van der Waals surface area (Å²) in [5, 5.41) is 3.34. The van der Waals surface area contributed by atoms with Gasteiger partial charge >= 0.3 is 0 Å². The lowest BCUT2D eigenvalue weighted by molar-refractivity contribution is -0.135. The van der Waals surface area contributed by atoms with Crippen LogP contribution in [0, 0.1) is 0 Å². The quantitative estimate of drug-likeness (QED) is 0.823. The van der Waals surface area contributed by atoms with E-state index in [1.165, 1.54) is 12.0 Å². The second kappa shape index (κ2) is 4.63. The van der Waals surface area contributed by atoms with Crippen molar-refractivity contribution in [2.24, 2.45) is 0 Å². The lowest BCUT2D eigenvalue weighted by Crippen LogP contribution is -2.44. The molecule has 0 aromatic heterocycles. The number of likely N-dealkylation sites (tertiary alicyclic amines) is 1. The van der Waals surface area contributed by atoms with E-state index in [4.69, 9.17) is 0 Å². The van der Waals surface area contributed by atoms with Crippen LogP contribution in [0.5, 0.6) is 0 Å². The van der Waals surface area contributed by atoms with Gasteiger partial charge in [0.05, 0.1) is 5.92 Å². The molecule has 0 saturated carbocycles. The van der Waals surface area contributed by atoms with Gasteiger partial charge in [-0.1, -0.05) is 18.2 Å². The normalized spacial score (nSPS) is 26.6. The second-order valence-corrected chi connectivity index (χ2v) is 5.40. The van der Waals surface area contributed by atoms with Crippen LogP contribution in [0.4, 0.5) is 5.69 Å². The molecule has 1 aromatic rings. The van der Waals surface area contributed by atoms with E-state index in [0.717, 1.165) is 31.6 Å². The number of benzene rings is 1. The maximum Gasteiger partial charge on any atom is 0.232 e. The number of carbonyl (C=O) groups is 1. The molecule has 1 amide bonds. The highest BCUT2D eigenvalue weighted by Gasteiger charge is 2.34. The van der Waals surface area contributed by atoms with Crippen LogP contribution in [-0.2, 0) is 4.79 Å². The van der Waals surface area contributed by atoms with Gasteiger partial charge < -0.3 is 10.2 Å². The highest BCUT2D eigenvalue weighted by Crippen LogP contribution is 2.33. The van der Waals surface area contributed by atoms with Gasteiger partial charge in [-0.2, -0.15) is 0 Å². The first kappa shape index (κ1) is 11.6. The molecule has 2 aliphatic heterocycles. The van der Waals surface area contributed by atoms with Gasteiger partial charge in [-0.3, -0.25) is 4.79 Å². The molecule has 2 aliphatic rings. The third kappa shape index (κ3) is 1.88. The molecule has 18 heavy (non-hydrogen) atoms. The highest BCUT2D eigenvalue weighted by molar-refractivity contribution is 5.88. The molecule has 96 valence electrons. The van der Waals surface area contributed by atoms with Crippen molar-refractivity contribution in [1.29, 1.82) is 0 Å². The minimum atomic E-state index is 0.0155. The zero-order chi connectivity index (χ0) is 12.5. The molecule has 1 aromatic carbocycles.